The van der Waals surface area contributed by atoms with Crippen LogP contribution in [0.2, 0.25) is 0 Å². The molecule has 116 valence electrons. The molecule has 20 heavy (non-hydrogen) atoms. The fraction of sp³-hybridized carbons (Fsp3) is 1.00. The summed E-state index contributed by atoms with van der Waals surface area (Å²) in [6.07, 6.45) is 2.45. The van der Waals surface area contributed by atoms with Gasteiger partial charge in [-0.1, -0.05) is 6.92 Å². The van der Waals surface area contributed by atoms with Crippen LogP contribution in [0.1, 0.15) is 33.6 Å². The fourth-order valence-electron chi connectivity index (χ4n) is 4.17. The summed E-state index contributed by atoms with van der Waals surface area (Å²) in [4.78, 5) is 5.02. The summed E-state index contributed by atoms with van der Waals surface area (Å²) < 4.78 is 5.46. The van der Waals surface area contributed by atoms with E-state index < -0.39 is 5.60 Å². The number of ether oxygens (including phenoxy) is 1. The van der Waals surface area contributed by atoms with Crippen molar-refractivity contribution < 1.29 is 9.84 Å². The maximum atomic E-state index is 10.9. The zero-order valence-corrected chi connectivity index (χ0v) is 13.3. The van der Waals surface area contributed by atoms with Gasteiger partial charge in [0.05, 0.1) is 18.8 Å². The Balaban J connectivity index is 1.60. The molecule has 0 unspecified atom stereocenters. The maximum absolute atomic E-state index is 10.9. The molecule has 2 atom stereocenters. The van der Waals surface area contributed by atoms with Crippen LogP contribution in [-0.2, 0) is 4.74 Å². The SMILES string of the molecule is C[C@@H]1CN(CC(C)(C)N2CCOCC2)C[C@@]1(O)C1CC1. The Labute approximate surface area is 123 Å². The molecule has 4 nitrogen and oxygen atoms in total. The van der Waals surface area contributed by atoms with Crippen molar-refractivity contribution in [1.82, 2.24) is 9.80 Å². The van der Waals surface area contributed by atoms with Gasteiger partial charge in [-0.3, -0.25) is 9.80 Å². The lowest BCUT2D eigenvalue weighted by Crippen LogP contribution is -2.55. The summed E-state index contributed by atoms with van der Waals surface area (Å²) in [7, 11) is 0. The average Bonchev–Trinajstić information content (AvgIpc) is 3.20. The third-order valence-electron chi connectivity index (χ3n) is 5.62. The minimum atomic E-state index is -0.416. The zero-order valence-electron chi connectivity index (χ0n) is 13.3. The molecule has 1 saturated carbocycles. The summed E-state index contributed by atoms with van der Waals surface area (Å²) in [5, 5.41) is 10.9. The molecule has 0 aromatic rings. The van der Waals surface area contributed by atoms with Crippen molar-refractivity contribution in [3.8, 4) is 0 Å². The Morgan fingerprint density at radius 3 is 2.50 bits per heavy atom. The van der Waals surface area contributed by atoms with Gasteiger partial charge in [-0.05, 0) is 38.5 Å². The van der Waals surface area contributed by atoms with Crippen LogP contribution in [-0.4, -0.2) is 72.0 Å². The highest BCUT2D eigenvalue weighted by Gasteiger charge is 2.52. The zero-order chi connectivity index (χ0) is 14.4. The molecule has 0 bridgehead atoms. The van der Waals surface area contributed by atoms with Gasteiger partial charge in [0.2, 0.25) is 0 Å². The van der Waals surface area contributed by atoms with Crippen LogP contribution >= 0.6 is 0 Å². The van der Waals surface area contributed by atoms with Crippen LogP contribution in [0, 0.1) is 11.8 Å². The van der Waals surface area contributed by atoms with Crippen LogP contribution in [0.15, 0.2) is 0 Å². The lowest BCUT2D eigenvalue weighted by atomic mass is 9.88. The minimum absolute atomic E-state index is 0.165. The monoisotopic (exact) mass is 282 g/mol. The number of hydrogen-bond donors (Lipinski definition) is 1. The highest BCUT2D eigenvalue weighted by Crippen LogP contribution is 2.47. The summed E-state index contributed by atoms with van der Waals surface area (Å²) in [5.74, 6) is 0.976. The molecule has 2 aliphatic heterocycles. The van der Waals surface area contributed by atoms with Crippen molar-refractivity contribution in [3.05, 3.63) is 0 Å². The number of likely N-dealkylation sites (tertiary alicyclic amines) is 1. The van der Waals surface area contributed by atoms with E-state index in [4.69, 9.17) is 4.74 Å². The molecule has 1 N–H and O–H groups in total. The second kappa shape index (κ2) is 5.24. The van der Waals surface area contributed by atoms with Gasteiger partial charge >= 0.3 is 0 Å². The van der Waals surface area contributed by atoms with Crippen LogP contribution in [0.3, 0.4) is 0 Å². The molecule has 1 aliphatic carbocycles. The highest BCUT2D eigenvalue weighted by atomic mass is 16.5. The van der Waals surface area contributed by atoms with Crippen LogP contribution in [0.25, 0.3) is 0 Å². The van der Waals surface area contributed by atoms with E-state index in [0.29, 0.717) is 11.8 Å². The quantitative estimate of drug-likeness (QED) is 0.840. The third kappa shape index (κ3) is 2.76. The molecule has 0 aromatic carbocycles. The normalized spacial score (nSPS) is 37.5. The molecule has 0 aromatic heterocycles. The Hall–Kier alpha value is -0.160. The number of morpholine rings is 1. The van der Waals surface area contributed by atoms with Gasteiger partial charge in [0.15, 0.2) is 0 Å². The molecule has 2 saturated heterocycles. The Morgan fingerprint density at radius 1 is 1.25 bits per heavy atom. The predicted molar refractivity (Wildman–Crippen MR) is 79.7 cm³/mol. The third-order valence-corrected chi connectivity index (χ3v) is 5.62. The first kappa shape index (κ1) is 14.8. The summed E-state index contributed by atoms with van der Waals surface area (Å²) in [5.41, 5.74) is -0.251. The van der Waals surface area contributed by atoms with Gasteiger partial charge < -0.3 is 9.84 Å². The van der Waals surface area contributed by atoms with Crippen molar-refractivity contribution in [2.24, 2.45) is 11.8 Å². The molecule has 3 aliphatic rings. The van der Waals surface area contributed by atoms with E-state index in [1.165, 1.54) is 12.8 Å². The van der Waals surface area contributed by atoms with Crippen LogP contribution < -0.4 is 0 Å². The second-order valence-corrected chi connectivity index (χ2v) is 7.75. The van der Waals surface area contributed by atoms with Gasteiger partial charge in [-0.15, -0.1) is 0 Å². The first-order valence-corrected chi connectivity index (χ1v) is 8.19. The topological polar surface area (TPSA) is 35.9 Å². The smallest absolute Gasteiger partial charge is 0.0839 e. The first-order valence-electron chi connectivity index (χ1n) is 8.19. The van der Waals surface area contributed by atoms with Crippen molar-refractivity contribution in [1.29, 1.82) is 0 Å². The number of rotatable bonds is 4. The van der Waals surface area contributed by atoms with E-state index >= 15 is 0 Å². The van der Waals surface area contributed by atoms with Crippen molar-refractivity contribution in [2.45, 2.75) is 44.8 Å². The van der Waals surface area contributed by atoms with Crippen molar-refractivity contribution in [2.75, 3.05) is 45.9 Å². The van der Waals surface area contributed by atoms with E-state index in [-0.39, 0.29) is 5.54 Å². The number of hydrogen-bond acceptors (Lipinski definition) is 4. The summed E-state index contributed by atoms with van der Waals surface area (Å²) >= 11 is 0. The molecule has 2 heterocycles. The molecule has 0 spiro atoms. The van der Waals surface area contributed by atoms with E-state index in [2.05, 4.69) is 30.6 Å². The molecule has 0 radical (unpaired) electrons. The lowest BCUT2D eigenvalue weighted by Gasteiger charge is -2.43. The Morgan fingerprint density at radius 2 is 1.90 bits per heavy atom. The van der Waals surface area contributed by atoms with E-state index in [1.807, 2.05) is 0 Å². The van der Waals surface area contributed by atoms with Gasteiger partial charge in [0.25, 0.3) is 0 Å². The highest BCUT2D eigenvalue weighted by molar-refractivity contribution is 5.05. The van der Waals surface area contributed by atoms with Gasteiger partial charge in [0, 0.05) is 38.3 Å². The van der Waals surface area contributed by atoms with Gasteiger partial charge in [-0.25, -0.2) is 0 Å². The van der Waals surface area contributed by atoms with Crippen LogP contribution in [0.4, 0.5) is 0 Å². The summed E-state index contributed by atoms with van der Waals surface area (Å²) in [6, 6.07) is 0. The lowest BCUT2D eigenvalue weighted by molar-refractivity contribution is -0.0273. The molecule has 4 heteroatoms. The van der Waals surface area contributed by atoms with Crippen molar-refractivity contribution in [3.63, 3.8) is 0 Å². The van der Waals surface area contributed by atoms with E-state index in [9.17, 15) is 5.11 Å². The first-order chi connectivity index (χ1) is 9.42. The number of β-amino-alcohol motifs (C(OH)–C–C–N with tert-alkyl or cyclic N) is 1. The largest absolute Gasteiger partial charge is 0.388 e. The Bertz CT molecular complexity index is 350. The second-order valence-electron chi connectivity index (χ2n) is 7.75. The fourth-order valence-corrected chi connectivity index (χ4v) is 4.17. The van der Waals surface area contributed by atoms with E-state index in [0.717, 1.165) is 45.9 Å². The standard InChI is InChI=1S/C16H30N2O2/c1-13-10-17(12-16(13,19)14-4-5-14)11-15(2,3)18-6-8-20-9-7-18/h13-14,19H,4-12H2,1-3H3/t13-,16+/m1/s1. The molecule has 3 fully saturated rings. The maximum Gasteiger partial charge on any atom is 0.0839 e. The molecular weight excluding hydrogens is 252 g/mol. The molecule has 0 amide bonds. The van der Waals surface area contributed by atoms with Crippen molar-refractivity contribution >= 4 is 0 Å². The number of nitrogens with zero attached hydrogens (tertiary/aromatic N) is 2. The minimum Gasteiger partial charge on any atom is -0.388 e. The molecule has 3 rings (SSSR count). The van der Waals surface area contributed by atoms with E-state index in [1.54, 1.807) is 0 Å². The van der Waals surface area contributed by atoms with Gasteiger partial charge in [-0.2, -0.15) is 0 Å². The molecular formula is C16H30N2O2. The average molecular weight is 282 g/mol. The van der Waals surface area contributed by atoms with Gasteiger partial charge in [0.1, 0.15) is 0 Å². The summed E-state index contributed by atoms with van der Waals surface area (Å²) in [6.45, 7) is 13.6. The number of aliphatic hydroxyl groups is 1. The Kier molecular flexibility index (Phi) is 3.87. The van der Waals surface area contributed by atoms with Crippen LogP contribution in [0.5, 0.6) is 0 Å². The predicted octanol–water partition coefficient (Wildman–Crippen LogP) is 1.19.